The molecule has 3 saturated carbocycles. The normalized spacial score (nSPS) is 51.3. The lowest BCUT2D eigenvalue weighted by Crippen LogP contribution is -2.58. The summed E-state index contributed by atoms with van der Waals surface area (Å²) in [6, 6.07) is 0. The molecular formula is C23H32O4. The topological polar surface area (TPSA) is 66.8 Å². The van der Waals surface area contributed by atoms with Gasteiger partial charge in [-0.3, -0.25) is 4.79 Å². The van der Waals surface area contributed by atoms with Crippen LogP contribution >= 0.6 is 0 Å². The molecule has 0 heterocycles. The van der Waals surface area contributed by atoms with Crippen molar-refractivity contribution in [3.63, 3.8) is 0 Å². The van der Waals surface area contributed by atoms with Crippen molar-refractivity contribution in [1.29, 1.82) is 0 Å². The Hall–Kier alpha value is -1.31. The van der Waals surface area contributed by atoms with Crippen molar-refractivity contribution < 1.29 is 19.7 Å². The molecule has 27 heavy (non-hydrogen) atoms. The van der Waals surface area contributed by atoms with E-state index in [1.165, 1.54) is 12.5 Å². The van der Waals surface area contributed by atoms with E-state index in [9.17, 15) is 15.0 Å². The first kappa shape index (κ1) is 19.0. The van der Waals surface area contributed by atoms with Crippen LogP contribution in [-0.4, -0.2) is 34.0 Å². The van der Waals surface area contributed by atoms with E-state index in [2.05, 4.69) is 19.8 Å². The Kier molecular flexibility index (Phi) is 4.29. The highest BCUT2D eigenvalue weighted by atomic mass is 16.5. The molecule has 0 aromatic rings. The lowest BCUT2D eigenvalue weighted by molar-refractivity contribution is -0.171. The molecule has 0 aromatic heterocycles. The Morgan fingerprint density at radius 3 is 2.59 bits per heavy atom. The van der Waals surface area contributed by atoms with Gasteiger partial charge in [-0.15, -0.1) is 6.42 Å². The molecule has 0 radical (unpaired) electrons. The smallest absolute Gasteiger partial charge is 0.302 e. The lowest BCUT2D eigenvalue weighted by Gasteiger charge is -2.60. The van der Waals surface area contributed by atoms with Gasteiger partial charge in [0.05, 0.1) is 6.10 Å². The summed E-state index contributed by atoms with van der Waals surface area (Å²) in [5.74, 6) is 3.32. The molecule has 0 unspecified atom stereocenters. The standard InChI is InChI=1S/C23H32O4/c1-5-23(26)11-8-18-20-17(7-10-22(18,23)4)21(3)9-6-16(25)12-15(21)13-19(20)27-14(2)24/h1,12,16-20,25-26H,6-11,13H2,2-4H3/t16-,17+,18+,19+,20-,21+,22+,23+/m1/s1. The quantitative estimate of drug-likeness (QED) is 0.421. The molecule has 4 nitrogen and oxygen atoms in total. The van der Waals surface area contributed by atoms with Crippen LogP contribution < -0.4 is 0 Å². The van der Waals surface area contributed by atoms with Gasteiger partial charge in [-0.2, -0.15) is 0 Å². The van der Waals surface area contributed by atoms with Gasteiger partial charge >= 0.3 is 5.97 Å². The summed E-state index contributed by atoms with van der Waals surface area (Å²) in [5.41, 5.74) is -0.0998. The van der Waals surface area contributed by atoms with Crippen molar-refractivity contribution in [2.75, 3.05) is 0 Å². The summed E-state index contributed by atoms with van der Waals surface area (Å²) < 4.78 is 5.85. The maximum atomic E-state index is 11.9. The number of aliphatic hydroxyl groups is 2. The van der Waals surface area contributed by atoms with E-state index in [1.807, 2.05) is 6.08 Å². The largest absolute Gasteiger partial charge is 0.462 e. The van der Waals surface area contributed by atoms with Crippen LogP contribution in [0, 0.1) is 40.9 Å². The second-order valence-electron chi connectivity index (χ2n) is 9.86. The molecule has 3 fully saturated rings. The lowest BCUT2D eigenvalue weighted by atomic mass is 9.45. The minimum atomic E-state index is -1.07. The molecule has 0 bridgehead atoms. The molecule has 8 atom stereocenters. The molecule has 4 heteroatoms. The zero-order valence-electron chi connectivity index (χ0n) is 16.7. The van der Waals surface area contributed by atoms with E-state index in [0.717, 1.165) is 32.1 Å². The third-order valence-corrected chi connectivity index (χ3v) is 8.80. The summed E-state index contributed by atoms with van der Waals surface area (Å²) >= 11 is 0. The van der Waals surface area contributed by atoms with Gasteiger partial charge in [0.1, 0.15) is 11.7 Å². The second-order valence-corrected chi connectivity index (χ2v) is 9.86. The van der Waals surface area contributed by atoms with E-state index in [4.69, 9.17) is 11.2 Å². The van der Waals surface area contributed by atoms with E-state index < -0.39 is 11.7 Å². The van der Waals surface area contributed by atoms with Gasteiger partial charge in [-0.1, -0.05) is 31.4 Å². The Morgan fingerprint density at radius 2 is 1.93 bits per heavy atom. The van der Waals surface area contributed by atoms with Gasteiger partial charge in [-0.25, -0.2) is 0 Å². The van der Waals surface area contributed by atoms with E-state index >= 15 is 0 Å². The highest BCUT2D eigenvalue weighted by molar-refractivity contribution is 5.66. The molecule has 0 aliphatic heterocycles. The van der Waals surface area contributed by atoms with Crippen LogP contribution in [0.1, 0.15) is 65.7 Å². The Bertz CT molecular complexity index is 720. The minimum absolute atomic E-state index is 0.0404. The SMILES string of the molecule is C#C[C@]1(O)CC[C@H]2[C@@H]3[C@@H](OC(C)=O)CC4=C[C@H](O)CC[C@]4(C)[C@H]3CC[C@@]21C. The highest BCUT2D eigenvalue weighted by Crippen LogP contribution is 2.67. The van der Waals surface area contributed by atoms with Crippen LogP contribution in [0.5, 0.6) is 0 Å². The fraction of sp³-hybridized carbons (Fsp3) is 0.783. The average molecular weight is 373 g/mol. The van der Waals surface area contributed by atoms with E-state index in [-0.39, 0.29) is 34.7 Å². The molecule has 4 rings (SSSR count). The third kappa shape index (κ3) is 2.54. The van der Waals surface area contributed by atoms with Crippen molar-refractivity contribution in [2.24, 2.45) is 28.6 Å². The number of hydrogen-bond donors (Lipinski definition) is 2. The van der Waals surface area contributed by atoms with Crippen molar-refractivity contribution in [3.05, 3.63) is 11.6 Å². The van der Waals surface area contributed by atoms with Crippen LogP contribution in [0.25, 0.3) is 0 Å². The van der Waals surface area contributed by atoms with E-state index in [0.29, 0.717) is 18.8 Å². The first-order chi connectivity index (χ1) is 12.6. The van der Waals surface area contributed by atoms with Crippen LogP contribution in [0.4, 0.5) is 0 Å². The zero-order chi connectivity index (χ0) is 19.6. The van der Waals surface area contributed by atoms with Crippen LogP contribution in [0.15, 0.2) is 11.6 Å². The molecule has 4 aliphatic carbocycles. The first-order valence-electron chi connectivity index (χ1n) is 10.4. The molecule has 148 valence electrons. The Balaban J connectivity index is 1.77. The van der Waals surface area contributed by atoms with Crippen molar-refractivity contribution in [3.8, 4) is 12.3 Å². The van der Waals surface area contributed by atoms with Gasteiger partial charge in [0, 0.05) is 24.7 Å². The van der Waals surface area contributed by atoms with Crippen LogP contribution in [-0.2, 0) is 9.53 Å². The fourth-order valence-corrected chi connectivity index (χ4v) is 7.24. The van der Waals surface area contributed by atoms with Crippen molar-refractivity contribution in [1.82, 2.24) is 0 Å². The highest BCUT2D eigenvalue weighted by Gasteiger charge is 2.66. The second kappa shape index (κ2) is 6.09. The van der Waals surface area contributed by atoms with Gasteiger partial charge in [-0.05, 0) is 55.8 Å². The molecule has 4 aliphatic rings. The number of esters is 1. The third-order valence-electron chi connectivity index (χ3n) is 8.80. The van der Waals surface area contributed by atoms with E-state index in [1.54, 1.807) is 0 Å². The fourth-order valence-electron chi connectivity index (χ4n) is 7.24. The van der Waals surface area contributed by atoms with Gasteiger partial charge in [0.15, 0.2) is 0 Å². The number of fused-ring (bicyclic) bond motifs is 5. The summed E-state index contributed by atoms with van der Waals surface area (Å²) in [6.45, 7) is 5.95. The summed E-state index contributed by atoms with van der Waals surface area (Å²) in [4.78, 5) is 11.9. The van der Waals surface area contributed by atoms with Crippen molar-refractivity contribution in [2.45, 2.75) is 83.5 Å². The summed E-state index contributed by atoms with van der Waals surface area (Å²) in [7, 11) is 0. The molecule has 2 N–H and O–H groups in total. The number of rotatable bonds is 1. The van der Waals surface area contributed by atoms with Gasteiger partial charge in [0.25, 0.3) is 0 Å². The monoisotopic (exact) mass is 372 g/mol. The minimum Gasteiger partial charge on any atom is -0.462 e. The molecule has 0 amide bonds. The first-order valence-corrected chi connectivity index (χ1v) is 10.4. The predicted molar refractivity (Wildman–Crippen MR) is 102 cm³/mol. The Labute approximate surface area is 162 Å². The predicted octanol–water partition coefficient (Wildman–Crippen LogP) is 3.22. The summed E-state index contributed by atoms with van der Waals surface area (Å²) in [6.07, 6.45) is 13.0. The van der Waals surface area contributed by atoms with Crippen LogP contribution in [0.3, 0.4) is 0 Å². The molecule has 0 saturated heterocycles. The number of ether oxygens (including phenoxy) is 1. The number of carbonyl (C=O) groups excluding carboxylic acids is 1. The number of carbonyl (C=O) groups is 1. The van der Waals surface area contributed by atoms with Gasteiger partial charge < -0.3 is 14.9 Å². The Morgan fingerprint density at radius 1 is 1.22 bits per heavy atom. The number of hydrogen-bond acceptors (Lipinski definition) is 4. The van der Waals surface area contributed by atoms with Gasteiger partial charge in [0.2, 0.25) is 0 Å². The maximum absolute atomic E-state index is 11.9. The van der Waals surface area contributed by atoms with Crippen LogP contribution in [0.2, 0.25) is 0 Å². The van der Waals surface area contributed by atoms with Crippen molar-refractivity contribution >= 4 is 5.97 Å². The molecule has 0 spiro atoms. The number of terminal acetylenes is 1. The number of aliphatic hydroxyl groups excluding tert-OH is 1. The molecule has 0 aromatic carbocycles. The maximum Gasteiger partial charge on any atom is 0.302 e. The summed E-state index contributed by atoms with van der Waals surface area (Å²) in [5, 5.41) is 21.3. The zero-order valence-corrected chi connectivity index (χ0v) is 16.7. The molecular weight excluding hydrogens is 340 g/mol. The average Bonchev–Trinajstić information content (AvgIpc) is 2.88.